The summed E-state index contributed by atoms with van der Waals surface area (Å²) in [5, 5.41) is 0. The smallest absolute Gasteiger partial charge is 0.246 e. The Morgan fingerprint density at radius 2 is 1.66 bits per heavy atom. The molecule has 0 spiro atoms. The van der Waals surface area contributed by atoms with Crippen LogP contribution in [-0.4, -0.2) is 74.2 Å². The Labute approximate surface area is 172 Å². The lowest BCUT2D eigenvalue weighted by atomic mass is 9.75. The second-order valence-electron chi connectivity index (χ2n) is 8.54. The molecule has 1 aromatic rings. The fraction of sp³-hybridized carbons (Fsp3) is 0.667. The third-order valence-corrected chi connectivity index (χ3v) is 8.72. The number of sulfonamides is 1. The van der Waals surface area contributed by atoms with E-state index < -0.39 is 15.8 Å². The number of halogens is 1. The Morgan fingerprint density at radius 3 is 2.38 bits per heavy atom. The van der Waals surface area contributed by atoms with Gasteiger partial charge in [0.25, 0.3) is 0 Å². The molecule has 29 heavy (non-hydrogen) atoms. The van der Waals surface area contributed by atoms with E-state index in [-0.39, 0.29) is 23.9 Å². The summed E-state index contributed by atoms with van der Waals surface area (Å²) in [6.07, 6.45) is 6.27. The molecule has 1 saturated carbocycles. The molecule has 0 aromatic heterocycles. The molecule has 8 heteroatoms. The highest BCUT2D eigenvalue weighted by atomic mass is 32.2. The van der Waals surface area contributed by atoms with Crippen molar-refractivity contribution in [1.29, 1.82) is 0 Å². The molecular formula is C21H30FN3O3S. The summed E-state index contributed by atoms with van der Waals surface area (Å²) in [5.74, 6) is 0.875. The van der Waals surface area contributed by atoms with Gasteiger partial charge in [0.15, 0.2) is 0 Å². The van der Waals surface area contributed by atoms with Gasteiger partial charge in [-0.2, -0.15) is 4.31 Å². The average Bonchev–Trinajstić information content (AvgIpc) is 2.74. The summed E-state index contributed by atoms with van der Waals surface area (Å²) < 4.78 is 40.7. The number of carbonyl (C=O) groups excluding carboxylic acids is 1. The second kappa shape index (κ2) is 8.70. The fourth-order valence-electron chi connectivity index (χ4n) is 5.04. The van der Waals surface area contributed by atoms with E-state index in [2.05, 4.69) is 0 Å². The van der Waals surface area contributed by atoms with Crippen molar-refractivity contribution >= 4 is 15.9 Å². The van der Waals surface area contributed by atoms with E-state index >= 15 is 0 Å². The molecule has 1 aromatic carbocycles. The summed E-state index contributed by atoms with van der Waals surface area (Å²) in [7, 11) is -3.84. The SMILES string of the molecule is O=C(CN1CCN(S(=O)(=O)c2ccccc2F)CC1)N1CC[C@@H]2CCCC[C@@H]2C1. The van der Waals surface area contributed by atoms with E-state index in [1.165, 1.54) is 48.2 Å². The lowest BCUT2D eigenvalue weighted by Crippen LogP contribution is -2.53. The van der Waals surface area contributed by atoms with Crippen LogP contribution in [0.2, 0.25) is 0 Å². The minimum atomic E-state index is -3.84. The van der Waals surface area contributed by atoms with Crippen molar-refractivity contribution in [3.8, 4) is 0 Å². The third kappa shape index (κ3) is 4.49. The Hall–Kier alpha value is -1.51. The number of rotatable bonds is 4. The molecule has 0 N–H and O–H groups in total. The predicted molar refractivity (Wildman–Crippen MR) is 108 cm³/mol. The van der Waals surface area contributed by atoms with E-state index in [0.29, 0.717) is 25.6 Å². The topological polar surface area (TPSA) is 60.9 Å². The van der Waals surface area contributed by atoms with Gasteiger partial charge in [0.2, 0.25) is 15.9 Å². The molecule has 1 amide bonds. The highest BCUT2D eigenvalue weighted by molar-refractivity contribution is 7.89. The van der Waals surface area contributed by atoms with Gasteiger partial charge in [0.1, 0.15) is 10.7 Å². The van der Waals surface area contributed by atoms with Gasteiger partial charge in [-0.05, 0) is 36.8 Å². The van der Waals surface area contributed by atoms with E-state index in [1.54, 1.807) is 0 Å². The minimum absolute atomic E-state index is 0.152. The van der Waals surface area contributed by atoms with E-state index in [4.69, 9.17) is 0 Å². The Kier molecular flexibility index (Phi) is 6.22. The van der Waals surface area contributed by atoms with Gasteiger partial charge in [-0.1, -0.05) is 31.4 Å². The average molecular weight is 424 g/mol. The molecule has 3 fully saturated rings. The maximum absolute atomic E-state index is 13.9. The van der Waals surface area contributed by atoms with Crippen molar-refractivity contribution in [3.05, 3.63) is 30.1 Å². The maximum Gasteiger partial charge on any atom is 0.246 e. The molecule has 4 rings (SSSR count). The second-order valence-corrected chi connectivity index (χ2v) is 10.5. The first-order valence-electron chi connectivity index (χ1n) is 10.7. The van der Waals surface area contributed by atoms with Crippen LogP contribution in [0.15, 0.2) is 29.2 Å². The van der Waals surface area contributed by atoms with Crippen LogP contribution in [0, 0.1) is 17.7 Å². The first-order chi connectivity index (χ1) is 13.9. The van der Waals surface area contributed by atoms with Gasteiger partial charge < -0.3 is 4.90 Å². The van der Waals surface area contributed by atoms with Crippen molar-refractivity contribution in [2.45, 2.75) is 37.0 Å². The van der Waals surface area contributed by atoms with Gasteiger partial charge in [0, 0.05) is 39.3 Å². The standard InChI is InChI=1S/C21H30FN3O3S/c22-19-7-3-4-8-20(19)29(27,28)25-13-11-23(12-14-25)16-21(26)24-10-9-17-5-1-2-6-18(17)15-24/h3-4,7-8,17-18H,1-2,5-6,9-16H2/t17-,18+/m0/s1. The summed E-state index contributed by atoms with van der Waals surface area (Å²) in [6.45, 7) is 3.58. The number of likely N-dealkylation sites (tertiary alicyclic amines) is 1. The van der Waals surface area contributed by atoms with E-state index in [0.717, 1.165) is 31.5 Å². The summed E-state index contributed by atoms with van der Waals surface area (Å²) >= 11 is 0. The number of hydrogen-bond donors (Lipinski definition) is 0. The van der Waals surface area contributed by atoms with Crippen molar-refractivity contribution in [3.63, 3.8) is 0 Å². The molecule has 160 valence electrons. The highest BCUT2D eigenvalue weighted by Gasteiger charge is 2.34. The first kappa shape index (κ1) is 20.8. The Balaban J connectivity index is 1.30. The van der Waals surface area contributed by atoms with Crippen LogP contribution in [0.1, 0.15) is 32.1 Å². The first-order valence-corrected chi connectivity index (χ1v) is 12.1. The number of benzene rings is 1. The van der Waals surface area contributed by atoms with Crippen molar-refractivity contribution in [1.82, 2.24) is 14.1 Å². The van der Waals surface area contributed by atoms with Crippen molar-refractivity contribution in [2.24, 2.45) is 11.8 Å². The van der Waals surface area contributed by atoms with Crippen molar-refractivity contribution < 1.29 is 17.6 Å². The summed E-state index contributed by atoms with van der Waals surface area (Å²) in [6, 6.07) is 5.47. The Bertz CT molecular complexity index is 839. The van der Waals surface area contributed by atoms with Crippen LogP contribution < -0.4 is 0 Å². The molecular weight excluding hydrogens is 393 g/mol. The van der Waals surface area contributed by atoms with Crippen molar-refractivity contribution in [2.75, 3.05) is 45.8 Å². The predicted octanol–water partition coefficient (Wildman–Crippen LogP) is 2.17. The fourth-order valence-corrected chi connectivity index (χ4v) is 6.53. The normalized spacial score (nSPS) is 26.9. The number of piperidine rings is 1. The van der Waals surface area contributed by atoms with Gasteiger partial charge in [-0.3, -0.25) is 9.69 Å². The highest BCUT2D eigenvalue weighted by Crippen LogP contribution is 2.36. The van der Waals surface area contributed by atoms with Crippen LogP contribution in [0.3, 0.4) is 0 Å². The molecule has 3 aliphatic rings. The monoisotopic (exact) mass is 423 g/mol. The quantitative estimate of drug-likeness (QED) is 0.745. The number of amides is 1. The number of nitrogens with zero attached hydrogens (tertiary/aromatic N) is 3. The largest absolute Gasteiger partial charge is 0.341 e. The minimum Gasteiger partial charge on any atom is -0.341 e. The maximum atomic E-state index is 13.9. The van der Waals surface area contributed by atoms with Crippen LogP contribution in [0.5, 0.6) is 0 Å². The zero-order valence-corrected chi connectivity index (χ0v) is 17.6. The molecule has 0 unspecified atom stereocenters. The summed E-state index contributed by atoms with van der Waals surface area (Å²) in [4.78, 5) is 16.5. The molecule has 2 saturated heterocycles. The van der Waals surface area contributed by atoms with E-state index in [1.807, 2.05) is 9.80 Å². The Morgan fingerprint density at radius 1 is 0.966 bits per heavy atom. The van der Waals surface area contributed by atoms with Crippen LogP contribution in [0.4, 0.5) is 4.39 Å². The van der Waals surface area contributed by atoms with Gasteiger partial charge in [-0.15, -0.1) is 0 Å². The van der Waals surface area contributed by atoms with Gasteiger partial charge >= 0.3 is 0 Å². The lowest BCUT2D eigenvalue weighted by molar-refractivity contribution is -0.135. The zero-order chi connectivity index (χ0) is 20.4. The van der Waals surface area contributed by atoms with Crippen LogP contribution in [-0.2, 0) is 14.8 Å². The zero-order valence-electron chi connectivity index (χ0n) is 16.8. The van der Waals surface area contributed by atoms with Gasteiger partial charge in [-0.25, -0.2) is 12.8 Å². The van der Waals surface area contributed by atoms with Gasteiger partial charge in [0.05, 0.1) is 6.54 Å². The molecule has 1 aliphatic carbocycles. The molecule has 2 aliphatic heterocycles. The summed E-state index contributed by atoms with van der Waals surface area (Å²) in [5.41, 5.74) is 0. The van der Waals surface area contributed by atoms with Crippen LogP contribution >= 0.6 is 0 Å². The number of piperazine rings is 1. The molecule has 2 atom stereocenters. The third-order valence-electron chi connectivity index (χ3n) is 6.79. The number of fused-ring (bicyclic) bond motifs is 1. The number of carbonyl (C=O) groups is 1. The molecule has 2 heterocycles. The lowest BCUT2D eigenvalue weighted by Gasteiger charge is -2.42. The molecule has 0 bridgehead atoms. The van der Waals surface area contributed by atoms with E-state index in [9.17, 15) is 17.6 Å². The van der Waals surface area contributed by atoms with Crippen LogP contribution in [0.25, 0.3) is 0 Å². The molecule has 0 radical (unpaired) electrons. The molecule has 6 nitrogen and oxygen atoms in total. The number of hydrogen-bond acceptors (Lipinski definition) is 4.